The molecule has 0 radical (unpaired) electrons. The second-order valence-corrected chi connectivity index (χ2v) is 8.67. The molecular weight excluding hydrogens is 406 g/mol. The molecule has 0 saturated carbocycles. The highest BCUT2D eigenvalue weighted by atomic mass is 32.1. The summed E-state index contributed by atoms with van der Waals surface area (Å²) in [5.74, 6) is 0.240. The molecule has 0 fully saturated rings. The highest BCUT2D eigenvalue weighted by Crippen LogP contribution is 2.28. The molecule has 2 atom stereocenters. The molecule has 0 bridgehead atoms. The lowest BCUT2D eigenvalue weighted by Crippen LogP contribution is -2.35. The largest absolute Gasteiger partial charge is 0.343 e. The van der Waals surface area contributed by atoms with Crippen LogP contribution in [-0.4, -0.2) is 15.7 Å². The first kappa shape index (κ1) is 21.0. The first-order valence-electron chi connectivity index (χ1n) is 10.4. The maximum atomic E-state index is 12.9. The van der Waals surface area contributed by atoms with Crippen molar-refractivity contribution < 1.29 is 4.79 Å². The molecule has 0 unspecified atom stereocenters. The molecule has 4 rings (SSSR count). The first-order chi connectivity index (χ1) is 15.1. The van der Waals surface area contributed by atoms with Gasteiger partial charge in [0.05, 0.1) is 17.6 Å². The second kappa shape index (κ2) is 9.27. The minimum atomic E-state index is -0.269. The van der Waals surface area contributed by atoms with Gasteiger partial charge in [0.1, 0.15) is 6.54 Å². The lowest BCUT2D eigenvalue weighted by atomic mass is 9.95. The average molecular weight is 432 g/mol. The molecule has 0 spiro atoms. The molecule has 0 saturated heterocycles. The van der Waals surface area contributed by atoms with Gasteiger partial charge in [-0.15, -0.1) is 11.3 Å². The fourth-order valence-corrected chi connectivity index (χ4v) is 4.41. The number of aromatic nitrogens is 2. The van der Waals surface area contributed by atoms with E-state index in [2.05, 4.69) is 48.5 Å². The van der Waals surface area contributed by atoms with Gasteiger partial charge in [-0.2, -0.15) is 5.10 Å². The van der Waals surface area contributed by atoms with Gasteiger partial charge >= 0.3 is 0 Å². The van der Waals surface area contributed by atoms with Crippen LogP contribution >= 0.6 is 11.3 Å². The van der Waals surface area contributed by atoms with E-state index in [0.29, 0.717) is 11.3 Å². The second-order valence-electron chi connectivity index (χ2n) is 7.69. The Balaban J connectivity index is 1.57. The third-order valence-electron chi connectivity index (χ3n) is 5.64. The van der Waals surface area contributed by atoms with Crippen molar-refractivity contribution in [2.75, 3.05) is 0 Å². The Morgan fingerprint density at radius 3 is 2.52 bits per heavy atom. The van der Waals surface area contributed by atoms with Gasteiger partial charge in [0.2, 0.25) is 5.91 Å². The van der Waals surface area contributed by atoms with Gasteiger partial charge in [-0.3, -0.25) is 9.59 Å². The number of amides is 1. The summed E-state index contributed by atoms with van der Waals surface area (Å²) < 4.78 is 1.22. The van der Waals surface area contributed by atoms with Crippen molar-refractivity contribution in [1.29, 1.82) is 0 Å². The predicted molar refractivity (Wildman–Crippen MR) is 125 cm³/mol. The van der Waals surface area contributed by atoms with Gasteiger partial charge in [0.25, 0.3) is 5.56 Å². The van der Waals surface area contributed by atoms with Gasteiger partial charge in [0, 0.05) is 10.3 Å². The van der Waals surface area contributed by atoms with E-state index in [4.69, 9.17) is 0 Å². The third-order valence-corrected chi connectivity index (χ3v) is 6.58. The van der Waals surface area contributed by atoms with Crippen LogP contribution in [-0.2, 0) is 11.3 Å². The maximum Gasteiger partial charge on any atom is 0.275 e. The van der Waals surface area contributed by atoms with Crippen molar-refractivity contribution in [3.8, 4) is 0 Å². The number of rotatable bonds is 7. The monoisotopic (exact) mass is 431 g/mol. The summed E-state index contributed by atoms with van der Waals surface area (Å²) in [6, 6.07) is 19.4. The van der Waals surface area contributed by atoms with Crippen molar-refractivity contribution in [2.24, 2.45) is 0 Å². The molecule has 0 aliphatic heterocycles. The maximum absolute atomic E-state index is 12.9. The molecule has 1 N–H and O–H groups in total. The number of hydrogen-bond donors (Lipinski definition) is 1. The molecule has 4 aromatic rings. The molecule has 5 nitrogen and oxygen atoms in total. The van der Waals surface area contributed by atoms with Crippen molar-refractivity contribution in [2.45, 2.75) is 38.8 Å². The Morgan fingerprint density at radius 1 is 1.06 bits per heavy atom. The van der Waals surface area contributed by atoms with Crippen LogP contribution in [0, 0.1) is 0 Å². The average Bonchev–Trinajstić information content (AvgIpc) is 3.34. The molecule has 0 aliphatic rings. The molecular formula is C25H25N3O2S. The number of carbonyl (C=O) groups excluding carboxylic acids is 1. The van der Waals surface area contributed by atoms with E-state index >= 15 is 0 Å². The Labute approximate surface area is 185 Å². The summed E-state index contributed by atoms with van der Waals surface area (Å²) in [5.41, 5.74) is 2.04. The third kappa shape index (κ3) is 4.59. The fourth-order valence-electron chi connectivity index (χ4n) is 3.61. The van der Waals surface area contributed by atoms with Crippen molar-refractivity contribution >= 4 is 28.0 Å². The van der Waals surface area contributed by atoms with Crippen LogP contribution in [0.15, 0.2) is 77.0 Å². The summed E-state index contributed by atoms with van der Waals surface area (Å²) in [7, 11) is 0. The summed E-state index contributed by atoms with van der Waals surface area (Å²) in [6.45, 7) is 4.26. The van der Waals surface area contributed by atoms with Gasteiger partial charge in [-0.25, -0.2) is 4.68 Å². The summed E-state index contributed by atoms with van der Waals surface area (Å²) in [6.07, 6.45) is 2.70. The van der Waals surface area contributed by atoms with Crippen LogP contribution in [0.2, 0.25) is 0 Å². The number of benzene rings is 2. The number of nitrogens with one attached hydrogen (secondary N) is 1. The topological polar surface area (TPSA) is 64.0 Å². The smallest absolute Gasteiger partial charge is 0.275 e. The highest BCUT2D eigenvalue weighted by Gasteiger charge is 2.19. The lowest BCUT2D eigenvalue weighted by molar-refractivity contribution is -0.122. The molecule has 158 valence electrons. The normalized spacial score (nSPS) is 13.1. The van der Waals surface area contributed by atoms with Crippen LogP contribution in [0.3, 0.4) is 0 Å². The minimum Gasteiger partial charge on any atom is -0.343 e. The first-order valence-corrected chi connectivity index (χ1v) is 11.3. The van der Waals surface area contributed by atoms with Gasteiger partial charge in [0.15, 0.2) is 0 Å². The van der Waals surface area contributed by atoms with E-state index in [1.165, 1.54) is 10.2 Å². The molecule has 31 heavy (non-hydrogen) atoms. The van der Waals surface area contributed by atoms with E-state index < -0.39 is 0 Å². The quantitative estimate of drug-likeness (QED) is 0.454. The van der Waals surface area contributed by atoms with E-state index in [0.717, 1.165) is 22.2 Å². The Bertz CT molecular complexity index is 1230. The van der Waals surface area contributed by atoms with Crippen LogP contribution in [0.25, 0.3) is 10.8 Å². The number of thiophene rings is 1. The Morgan fingerprint density at radius 2 is 1.81 bits per heavy atom. The summed E-state index contributed by atoms with van der Waals surface area (Å²) in [4.78, 5) is 26.6. The van der Waals surface area contributed by atoms with Gasteiger partial charge in [-0.1, -0.05) is 62.4 Å². The standard InChI is InChI=1S/C25H25N3O2S/c1-3-17(2)18-10-12-19(13-11-18)24(22-9-6-14-31-22)27-23(29)16-28-25(30)21-8-5-4-7-20(21)15-26-28/h4-15,17,24H,3,16H2,1-2H3,(H,27,29)/t17-,24+/m1/s1. The summed E-state index contributed by atoms with van der Waals surface area (Å²) >= 11 is 1.60. The summed E-state index contributed by atoms with van der Waals surface area (Å²) in [5, 5.41) is 10.6. The van der Waals surface area contributed by atoms with Crippen molar-refractivity contribution in [3.63, 3.8) is 0 Å². The molecule has 6 heteroatoms. The van der Waals surface area contributed by atoms with E-state index in [1.54, 1.807) is 23.6 Å². The van der Waals surface area contributed by atoms with Crippen molar-refractivity contribution in [3.05, 3.63) is 98.6 Å². The van der Waals surface area contributed by atoms with Crippen LogP contribution in [0.4, 0.5) is 0 Å². The number of hydrogen-bond acceptors (Lipinski definition) is 4. The molecule has 0 aliphatic carbocycles. The van der Waals surface area contributed by atoms with Gasteiger partial charge < -0.3 is 5.32 Å². The molecule has 1 amide bonds. The SMILES string of the molecule is CC[C@@H](C)c1ccc([C@H](NC(=O)Cn2ncc3ccccc3c2=O)c2cccs2)cc1. The fraction of sp³-hybridized carbons (Fsp3) is 0.240. The zero-order chi connectivity index (χ0) is 21.8. The number of nitrogens with zero attached hydrogens (tertiary/aromatic N) is 2. The van der Waals surface area contributed by atoms with E-state index in [1.807, 2.05) is 35.7 Å². The van der Waals surface area contributed by atoms with Crippen LogP contribution in [0.1, 0.15) is 48.2 Å². The Hall–Kier alpha value is -3.25. The Kier molecular flexibility index (Phi) is 6.28. The molecule has 2 aromatic heterocycles. The van der Waals surface area contributed by atoms with Crippen LogP contribution in [0.5, 0.6) is 0 Å². The van der Waals surface area contributed by atoms with Crippen molar-refractivity contribution in [1.82, 2.24) is 15.1 Å². The van der Waals surface area contributed by atoms with E-state index in [9.17, 15) is 9.59 Å². The predicted octanol–water partition coefficient (Wildman–Crippen LogP) is 4.88. The molecule has 2 aromatic carbocycles. The van der Waals surface area contributed by atoms with Gasteiger partial charge in [-0.05, 0) is 41.0 Å². The number of carbonyl (C=O) groups is 1. The zero-order valence-electron chi connectivity index (χ0n) is 17.6. The lowest BCUT2D eigenvalue weighted by Gasteiger charge is -2.19. The van der Waals surface area contributed by atoms with Crippen LogP contribution < -0.4 is 10.9 Å². The molecule has 2 heterocycles. The highest BCUT2D eigenvalue weighted by molar-refractivity contribution is 7.10. The van der Waals surface area contributed by atoms with E-state index in [-0.39, 0.29) is 24.1 Å². The minimum absolute atomic E-state index is 0.128. The zero-order valence-corrected chi connectivity index (χ0v) is 18.4. The number of fused-ring (bicyclic) bond motifs is 1.